The SMILES string of the molecule is COC(=O)c1cncc(-c2cnn(CCNC(=O)OC(C)(C)C)c2)c1N. The fourth-order valence-corrected chi connectivity index (χ4v) is 2.18. The first-order valence-electron chi connectivity index (χ1n) is 8.02. The lowest BCUT2D eigenvalue weighted by molar-refractivity contribution is 0.0524. The number of methoxy groups -OCH3 is 1. The molecule has 2 rings (SSSR count). The van der Waals surface area contributed by atoms with E-state index in [2.05, 4.69) is 15.4 Å². The van der Waals surface area contributed by atoms with Crippen molar-refractivity contribution in [2.24, 2.45) is 0 Å². The molecule has 0 bridgehead atoms. The van der Waals surface area contributed by atoms with Gasteiger partial charge in [0.25, 0.3) is 0 Å². The Morgan fingerprint density at radius 2 is 2.00 bits per heavy atom. The minimum Gasteiger partial charge on any atom is -0.465 e. The topological polar surface area (TPSA) is 121 Å². The Morgan fingerprint density at radius 3 is 2.65 bits per heavy atom. The first kappa shape index (κ1) is 19.2. The average Bonchev–Trinajstić information content (AvgIpc) is 3.01. The van der Waals surface area contributed by atoms with E-state index in [-0.39, 0.29) is 11.3 Å². The summed E-state index contributed by atoms with van der Waals surface area (Å²) < 4.78 is 11.5. The molecule has 0 aromatic carbocycles. The van der Waals surface area contributed by atoms with E-state index in [1.54, 1.807) is 44.0 Å². The zero-order chi connectivity index (χ0) is 19.3. The fraction of sp³-hybridized carbons (Fsp3) is 0.412. The third-order valence-electron chi connectivity index (χ3n) is 3.35. The quantitative estimate of drug-likeness (QED) is 0.779. The Hall–Kier alpha value is -3.10. The monoisotopic (exact) mass is 361 g/mol. The number of alkyl carbamates (subject to hydrolysis) is 1. The van der Waals surface area contributed by atoms with Crippen LogP contribution in [-0.2, 0) is 16.0 Å². The third-order valence-corrected chi connectivity index (χ3v) is 3.35. The molecule has 3 N–H and O–H groups in total. The van der Waals surface area contributed by atoms with Gasteiger partial charge in [-0.15, -0.1) is 0 Å². The number of hydrogen-bond donors (Lipinski definition) is 2. The number of aromatic nitrogens is 3. The number of rotatable bonds is 5. The van der Waals surface area contributed by atoms with Gasteiger partial charge in [0.05, 0.1) is 25.5 Å². The minimum absolute atomic E-state index is 0.198. The lowest BCUT2D eigenvalue weighted by Gasteiger charge is -2.19. The summed E-state index contributed by atoms with van der Waals surface area (Å²) >= 11 is 0. The molecule has 0 radical (unpaired) electrons. The van der Waals surface area contributed by atoms with Crippen LogP contribution in [0.3, 0.4) is 0 Å². The second-order valence-corrected chi connectivity index (χ2v) is 6.56. The second-order valence-electron chi connectivity index (χ2n) is 6.56. The van der Waals surface area contributed by atoms with Gasteiger partial charge >= 0.3 is 12.1 Å². The average molecular weight is 361 g/mol. The van der Waals surface area contributed by atoms with Crippen molar-refractivity contribution in [3.05, 3.63) is 30.4 Å². The Bertz CT molecular complexity index is 795. The molecule has 9 heteroatoms. The fourth-order valence-electron chi connectivity index (χ4n) is 2.18. The van der Waals surface area contributed by atoms with Crippen molar-refractivity contribution in [1.29, 1.82) is 0 Å². The molecular weight excluding hydrogens is 338 g/mol. The summed E-state index contributed by atoms with van der Waals surface area (Å²) in [6.45, 7) is 6.20. The summed E-state index contributed by atoms with van der Waals surface area (Å²) in [6.07, 6.45) is 5.80. The van der Waals surface area contributed by atoms with Crippen LogP contribution < -0.4 is 11.1 Å². The highest BCUT2D eigenvalue weighted by molar-refractivity contribution is 5.98. The molecule has 0 unspecified atom stereocenters. The number of nitrogens with zero attached hydrogens (tertiary/aromatic N) is 3. The predicted octanol–water partition coefficient (Wildman–Crippen LogP) is 1.84. The van der Waals surface area contributed by atoms with Crippen molar-refractivity contribution in [2.45, 2.75) is 32.9 Å². The van der Waals surface area contributed by atoms with E-state index in [4.69, 9.17) is 15.2 Å². The second kappa shape index (κ2) is 7.85. The number of nitrogens with two attached hydrogens (primary N) is 1. The van der Waals surface area contributed by atoms with Gasteiger partial charge in [-0.25, -0.2) is 9.59 Å². The van der Waals surface area contributed by atoms with Crippen LogP contribution in [0.2, 0.25) is 0 Å². The van der Waals surface area contributed by atoms with E-state index < -0.39 is 17.7 Å². The van der Waals surface area contributed by atoms with Crippen molar-refractivity contribution in [1.82, 2.24) is 20.1 Å². The molecule has 2 heterocycles. The number of carbonyl (C=O) groups is 2. The van der Waals surface area contributed by atoms with Gasteiger partial charge in [0.2, 0.25) is 0 Å². The summed E-state index contributed by atoms with van der Waals surface area (Å²) in [6, 6.07) is 0. The standard InChI is InChI=1S/C17H23N5O4/c1-17(2,3)26-16(24)20-5-6-22-10-11(7-21-22)12-8-19-9-13(14(12)18)15(23)25-4/h7-10H,5-6H2,1-4H3,(H2,18,19)(H,20,24). The molecule has 2 aromatic heterocycles. The maximum atomic E-state index is 11.7. The molecule has 0 aliphatic carbocycles. The number of amides is 1. The molecule has 0 fully saturated rings. The number of ether oxygens (including phenoxy) is 2. The van der Waals surface area contributed by atoms with Gasteiger partial charge in [-0.1, -0.05) is 0 Å². The van der Waals surface area contributed by atoms with E-state index in [1.807, 2.05) is 0 Å². The smallest absolute Gasteiger partial charge is 0.407 e. The van der Waals surface area contributed by atoms with Crippen molar-refractivity contribution in [2.75, 3.05) is 19.4 Å². The van der Waals surface area contributed by atoms with E-state index >= 15 is 0 Å². The molecule has 0 spiro atoms. The van der Waals surface area contributed by atoms with Crippen LogP contribution in [0, 0.1) is 0 Å². The van der Waals surface area contributed by atoms with Gasteiger partial charge in [-0.05, 0) is 20.8 Å². The van der Waals surface area contributed by atoms with Gasteiger partial charge in [-0.3, -0.25) is 9.67 Å². The van der Waals surface area contributed by atoms with Gasteiger partial charge in [0.15, 0.2) is 0 Å². The van der Waals surface area contributed by atoms with E-state index in [0.29, 0.717) is 24.2 Å². The number of esters is 1. The van der Waals surface area contributed by atoms with Gasteiger partial charge in [0, 0.05) is 36.3 Å². The highest BCUT2D eigenvalue weighted by atomic mass is 16.6. The van der Waals surface area contributed by atoms with Crippen LogP contribution >= 0.6 is 0 Å². The number of anilines is 1. The van der Waals surface area contributed by atoms with Crippen LogP contribution in [0.25, 0.3) is 11.1 Å². The molecule has 140 valence electrons. The Kier molecular flexibility index (Phi) is 5.81. The van der Waals surface area contributed by atoms with Crippen LogP contribution in [0.1, 0.15) is 31.1 Å². The Morgan fingerprint density at radius 1 is 1.27 bits per heavy atom. The summed E-state index contributed by atoms with van der Waals surface area (Å²) in [4.78, 5) is 27.4. The molecule has 9 nitrogen and oxygen atoms in total. The van der Waals surface area contributed by atoms with Gasteiger partial charge in [-0.2, -0.15) is 5.10 Å². The highest BCUT2D eigenvalue weighted by Gasteiger charge is 2.17. The molecule has 0 aliphatic rings. The van der Waals surface area contributed by atoms with Crippen LogP contribution in [0.15, 0.2) is 24.8 Å². The summed E-state index contributed by atoms with van der Waals surface area (Å²) in [5.74, 6) is -0.550. The number of carbonyl (C=O) groups excluding carboxylic acids is 2. The van der Waals surface area contributed by atoms with Crippen LogP contribution in [0.4, 0.5) is 10.5 Å². The molecule has 0 atom stereocenters. The predicted molar refractivity (Wildman–Crippen MR) is 95.4 cm³/mol. The molecule has 0 saturated carbocycles. The van der Waals surface area contributed by atoms with E-state index in [0.717, 1.165) is 0 Å². The molecule has 0 saturated heterocycles. The van der Waals surface area contributed by atoms with Crippen molar-refractivity contribution in [3.63, 3.8) is 0 Å². The van der Waals surface area contributed by atoms with E-state index in [1.165, 1.54) is 13.3 Å². The zero-order valence-corrected chi connectivity index (χ0v) is 15.3. The molecule has 26 heavy (non-hydrogen) atoms. The third kappa shape index (κ3) is 4.95. The van der Waals surface area contributed by atoms with Gasteiger partial charge < -0.3 is 20.5 Å². The number of nitrogens with one attached hydrogen (secondary N) is 1. The zero-order valence-electron chi connectivity index (χ0n) is 15.3. The lowest BCUT2D eigenvalue weighted by Crippen LogP contribution is -2.34. The largest absolute Gasteiger partial charge is 0.465 e. The molecule has 1 amide bonds. The molecular formula is C17H23N5O4. The summed E-state index contributed by atoms with van der Waals surface area (Å²) in [7, 11) is 1.28. The number of nitrogen functional groups attached to an aromatic ring is 1. The van der Waals surface area contributed by atoms with Crippen molar-refractivity contribution < 1.29 is 19.1 Å². The Labute approximate surface area is 151 Å². The highest BCUT2D eigenvalue weighted by Crippen LogP contribution is 2.27. The first-order valence-corrected chi connectivity index (χ1v) is 8.02. The van der Waals surface area contributed by atoms with Crippen molar-refractivity contribution >= 4 is 17.7 Å². The maximum absolute atomic E-state index is 11.7. The number of pyridine rings is 1. The Balaban J connectivity index is 2.02. The number of hydrogen-bond acceptors (Lipinski definition) is 7. The summed E-state index contributed by atoms with van der Waals surface area (Å²) in [5, 5.41) is 6.88. The molecule has 0 aliphatic heterocycles. The van der Waals surface area contributed by atoms with Gasteiger partial charge in [0.1, 0.15) is 11.2 Å². The maximum Gasteiger partial charge on any atom is 0.407 e. The van der Waals surface area contributed by atoms with E-state index in [9.17, 15) is 9.59 Å². The van der Waals surface area contributed by atoms with Crippen molar-refractivity contribution in [3.8, 4) is 11.1 Å². The van der Waals surface area contributed by atoms with Crippen LogP contribution in [-0.4, -0.2) is 46.1 Å². The van der Waals surface area contributed by atoms with Crippen LogP contribution in [0.5, 0.6) is 0 Å². The molecule has 2 aromatic rings. The lowest BCUT2D eigenvalue weighted by atomic mass is 10.1. The minimum atomic E-state index is -0.550. The first-order chi connectivity index (χ1) is 12.2. The normalized spacial score (nSPS) is 11.1. The summed E-state index contributed by atoms with van der Waals surface area (Å²) in [5.41, 5.74) is 7.27.